The molecule has 1 heterocycles. The van der Waals surface area contributed by atoms with E-state index in [1.807, 2.05) is 0 Å². The molecule has 0 amide bonds. The van der Waals surface area contributed by atoms with E-state index in [9.17, 15) is 8.42 Å². The zero-order valence-electron chi connectivity index (χ0n) is 6.36. The number of fused-ring (bicyclic) bond motifs is 1. The van der Waals surface area contributed by atoms with E-state index in [0.29, 0.717) is 5.52 Å². The van der Waals surface area contributed by atoms with Gasteiger partial charge in [-0.25, -0.2) is 13.4 Å². The highest BCUT2D eigenvalue weighted by atomic mass is 35.7. The molecule has 1 N–H and O–H groups in total. The predicted molar refractivity (Wildman–Crippen MR) is 49.1 cm³/mol. The second kappa shape index (κ2) is 2.71. The van der Waals surface area contributed by atoms with E-state index in [-0.39, 0.29) is 4.90 Å². The molecule has 0 aliphatic rings. The summed E-state index contributed by atoms with van der Waals surface area (Å²) in [4.78, 5) is 6.83. The van der Waals surface area contributed by atoms with Gasteiger partial charge in [-0.05, 0) is 18.2 Å². The summed E-state index contributed by atoms with van der Waals surface area (Å²) in [6, 6.07) is 4.48. The van der Waals surface area contributed by atoms with Crippen molar-refractivity contribution in [2.24, 2.45) is 0 Å². The van der Waals surface area contributed by atoms with Crippen molar-refractivity contribution in [1.29, 1.82) is 0 Å². The quantitative estimate of drug-likeness (QED) is 0.735. The third-order valence-electron chi connectivity index (χ3n) is 1.67. The van der Waals surface area contributed by atoms with Crippen molar-refractivity contribution in [2.45, 2.75) is 4.90 Å². The van der Waals surface area contributed by atoms with Gasteiger partial charge in [0, 0.05) is 10.7 Å². The van der Waals surface area contributed by atoms with Gasteiger partial charge in [0.25, 0.3) is 9.05 Å². The number of hydrogen-bond acceptors (Lipinski definition) is 3. The van der Waals surface area contributed by atoms with Crippen molar-refractivity contribution in [3.63, 3.8) is 0 Å². The standard InChI is InChI=1S/C7H5ClN2O2S/c8-13(11,12)5-1-2-6-7(3-5)10-4-9-6/h1-4H,(H,9,10). The van der Waals surface area contributed by atoms with E-state index in [2.05, 4.69) is 9.97 Å². The van der Waals surface area contributed by atoms with Gasteiger partial charge >= 0.3 is 0 Å². The average Bonchev–Trinajstić information content (AvgIpc) is 2.47. The van der Waals surface area contributed by atoms with Crippen LogP contribution in [-0.4, -0.2) is 18.4 Å². The highest BCUT2D eigenvalue weighted by Crippen LogP contribution is 2.18. The summed E-state index contributed by atoms with van der Waals surface area (Å²) in [6.45, 7) is 0. The summed E-state index contributed by atoms with van der Waals surface area (Å²) in [5, 5.41) is 0. The van der Waals surface area contributed by atoms with Crippen molar-refractivity contribution in [3.05, 3.63) is 24.5 Å². The lowest BCUT2D eigenvalue weighted by Gasteiger charge is -1.94. The van der Waals surface area contributed by atoms with E-state index in [0.717, 1.165) is 5.52 Å². The van der Waals surface area contributed by atoms with E-state index in [1.165, 1.54) is 18.5 Å². The fourth-order valence-corrected chi connectivity index (χ4v) is 1.83. The lowest BCUT2D eigenvalue weighted by molar-refractivity contribution is 0.609. The molecule has 0 aliphatic carbocycles. The molecule has 13 heavy (non-hydrogen) atoms. The molecule has 1 aromatic carbocycles. The Morgan fingerprint density at radius 1 is 1.38 bits per heavy atom. The molecule has 6 heteroatoms. The van der Waals surface area contributed by atoms with Crippen molar-refractivity contribution >= 4 is 30.8 Å². The predicted octanol–water partition coefficient (Wildman–Crippen LogP) is 1.49. The Hall–Kier alpha value is -1.07. The lowest BCUT2D eigenvalue weighted by Crippen LogP contribution is -1.89. The van der Waals surface area contributed by atoms with Crippen LogP contribution in [0, 0.1) is 0 Å². The first-order chi connectivity index (χ1) is 6.07. The van der Waals surface area contributed by atoms with Crippen LogP contribution in [0.2, 0.25) is 0 Å². The second-order valence-corrected chi connectivity index (χ2v) is 5.09. The molecule has 0 saturated carbocycles. The average molecular weight is 217 g/mol. The van der Waals surface area contributed by atoms with Gasteiger partial charge in [0.05, 0.1) is 22.3 Å². The molecule has 0 fully saturated rings. The summed E-state index contributed by atoms with van der Waals surface area (Å²) in [5.41, 5.74) is 1.37. The number of H-pyrrole nitrogens is 1. The smallest absolute Gasteiger partial charge is 0.261 e. The Bertz CT molecular complexity index is 546. The highest BCUT2D eigenvalue weighted by Gasteiger charge is 2.10. The SMILES string of the molecule is O=S(=O)(Cl)c1ccc2[nH]cnc2c1. The number of imidazole rings is 1. The van der Waals surface area contributed by atoms with Gasteiger partial charge in [0.15, 0.2) is 0 Å². The summed E-state index contributed by atoms with van der Waals surface area (Å²) in [7, 11) is 1.51. The van der Waals surface area contributed by atoms with Crippen LogP contribution in [0.4, 0.5) is 0 Å². The Morgan fingerprint density at radius 3 is 2.85 bits per heavy atom. The summed E-state index contributed by atoms with van der Waals surface area (Å²) < 4.78 is 21.9. The zero-order valence-corrected chi connectivity index (χ0v) is 7.93. The van der Waals surface area contributed by atoms with Gasteiger partial charge in [0.1, 0.15) is 0 Å². The molecule has 0 saturated heterocycles. The molecule has 2 aromatic rings. The molecule has 4 nitrogen and oxygen atoms in total. The van der Waals surface area contributed by atoms with E-state index in [4.69, 9.17) is 10.7 Å². The van der Waals surface area contributed by atoms with E-state index < -0.39 is 9.05 Å². The van der Waals surface area contributed by atoms with Crippen molar-refractivity contribution < 1.29 is 8.42 Å². The molecule has 0 radical (unpaired) electrons. The maximum atomic E-state index is 10.9. The van der Waals surface area contributed by atoms with Crippen LogP contribution in [0.1, 0.15) is 0 Å². The van der Waals surface area contributed by atoms with E-state index >= 15 is 0 Å². The number of rotatable bonds is 1. The Balaban J connectivity index is 2.75. The first kappa shape index (κ1) is 8.52. The van der Waals surface area contributed by atoms with Crippen molar-refractivity contribution in [1.82, 2.24) is 9.97 Å². The van der Waals surface area contributed by atoms with Gasteiger partial charge in [-0.1, -0.05) is 0 Å². The molecule has 0 bridgehead atoms. The molecule has 0 spiro atoms. The zero-order chi connectivity index (χ0) is 9.47. The number of halogens is 1. The number of nitrogens with zero attached hydrogens (tertiary/aromatic N) is 1. The van der Waals surface area contributed by atoms with Gasteiger partial charge in [0.2, 0.25) is 0 Å². The van der Waals surface area contributed by atoms with E-state index in [1.54, 1.807) is 6.07 Å². The number of aromatic amines is 1. The first-order valence-corrected chi connectivity index (χ1v) is 5.76. The Labute approximate surface area is 79.0 Å². The maximum absolute atomic E-state index is 10.9. The summed E-state index contributed by atoms with van der Waals surface area (Å²) >= 11 is 0. The topological polar surface area (TPSA) is 62.8 Å². The monoisotopic (exact) mass is 216 g/mol. The minimum atomic E-state index is -3.65. The van der Waals surface area contributed by atoms with Crippen LogP contribution in [0.15, 0.2) is 29.4 Å². The van der Waals surface area contributed by atoms with Crippen LogP contribution < -0.4 is 0 Å². The lowest BCUT2D eigenvalue weighted by atomic mass is 10.3. The third kappa shape index (κ3) is 1.52. The first-order valence-electron chi connectivity index (χ1n) is 3.45. The van der Waals surface area contributed by atoms with Gasteiger partial charge in [-0.2, -0.15) is 0 Å². The third-order valence-corrected chi connectivity index (χ3v) is 3.03. The van der Waals surface area contributed by atoms with Crippen LogP contribution in [-0.2, 0) is 9.05 Å². The van der Waals surface area contributed by atoms with Gasteiger partial charge in [-0.15, -0.1) is 0 Å². The second-order valence-electron chi connectivity index (χ2n) is 2.52. The molecule has 68 valence electrons. The normalized spacial score (nSPS) is 12.1. The molecule has 0 atom stereocenters. The van der Waals surface area contributed by atoms with Crippen molar-refractivity contribution in [2.75, 3.05) is 0 Å². The number of hydrogen-bond donors (Lipinski definition) is 1. The molecular formula is C7H5ClN2O2S. The Morgan fingerprint density at radius 2 is 2.15 bits per heavy atom. The highest BCUT2D eigenvalue weighted by molar-refractivity contribution is 8.13. The maximum Gasteiger partial charge on any atom is 0.261 e. The molecule has 0 aliphatic heterocycles. The minimum Gasteiger partial charge on any atom is -0.345 e. The van der Waals surface area contributed by atoms with Crippen LogP contribution >= 0.6 is 10.7 Å². The molecular weight excluding hydrogens is 212 g/mol. The fourth-order valence-electron chi connectivity index (χ4n) is 1.06. The molecule has 1 aromatic heterocycles. The minimum absolute atomic E-state index is 0.0637. The fraction of sp³-hybridized carbons (Fsp3) is 0. The van der Waals surface area contributed by atoms with Gasteiger partial charge < -0.3 is 4.98 Å². The largest absolute Gasteiger partial charge is 0.345 e. The summed E-state index contributed by atoms with van der Waals surface area (Å²) in [6.07, 6.45) is 1.50. The number of nitrogens with one attached hydrogen (secondary N) is 1. The summed E-state index contributed by atoms with van der Waals surface area (Å²) in [5.74, 6) is 0. The number of aromatic nitrogens is 2. The van der Waals surface area contributed by atoms with Crippen LogP contribution in [0.3, 0.4) is 0 Å². The van der Waals surface area contributed by atoms with Crippen LogP contribution in [0.5, 0.6) is 0 Å². The molecule has 2 rings (SSSR count). The Kier molecular flexibility index (Phi) is 1.78. The molecule has 0 unspecified atom stereocenters. The van der Waals surface area contributed by atoms with Crippen molar-refractivity contribution in [3.8, 4) is 0 Å². The number of benzene rings is 1. The van der Waals surface area contributed by atoms with Crippen LogP contribution in [0.25, 0.3) is 11.0 Å². The van der Waals surface area contributed by atoms with Gasteiger partial charge in [-0.3, -0.25) is 0 Å².